The second-order valence-electron chi connectivity index (χ2n) is 2.26. The molecule has 1 unspecified atom stereocenters. The highest BCUT2D eigenvalue weighted by Gasteiger charge is 1.93. The monoisotopic (exact) mass is 194 g/mol. The number of nitrogens with two attached hydrogens (primary N) is 1. The molecule has 0 radical (unpaired) electrons. The van der Waals surface area contributed by atoms with Crippen LogP contribution in [0.1, 0.15) is 19.8 Å². The van der Waals surface area contributed by atoms with Crippen molar-refractivity contribution < 1.29 is 13.0 Å². The predicted molar refractivity (Wildman–Crippen MR) is 46.0 cm³/mol. The summed E-state index contributed by atoms with van der Waals surface area (Å²) in [5.74, 6) is 0. The lowest BCUT2D eigenvalue weighted by atomic mass is 10.2. The van der Waals surface area contributed by atoms with E-state index in [0.717, 1.165) is 12.8 Å². The van der Waals surface area contributed by atoms with Gasteiger partial charge in [0.1, 0.15) is 0 Å². The molecule has 5 nitrogen and oxygen atoms in total. The summed E-state index contributed by atoms with van der Waals surface area (Å²) in [6, 6.07) is 1.70. The molecule has 0 aliphatic rings. The Morgan fingerprint density at radius 1 is 1.67 bits per heavy atom. The first-order chi connectivity index (χ1) is 5.31. The SMILES string of the molecule is CCCC(N)C#N.CS(=O)(=O)O. The minimum atomic E-state index is -3.67. The smallest absolute Gasteiger partial charge is 0.261 e. The summed E-state index contributed by atoms with van der Waals surface area (Å²) in [6.45, 7) is 2.01. The second kappa shape index (κ2) is 7.03. The highest BCUT2D eigenvalue weighted by atomic mass is 32.2. The summed E-state index contributed by atoms with van der Waals surface area (Å²) in [5.41, 5.74) is 5.22. The highest BCUT2D eigenvalue weighted by molar-refractivity contribution is 7.85. The van der Waals surface area contributed by atoms with Crippen molar-refractivity contribution in [1.29, 1.82) is 5.26 Å². The zero-order chi connectivity index (χ0) is 10.2. The lowest BCUT2D eigenvalue weighted by molar-refractivity contribution is 0.490. The van der Waals surface area contributed by atoms with Gasteiger partial charge in [-0.15, -0.1) is 0 Å². The van der Waals surface area contributed by atoms with Gasteiger partial charge in [0.05, 0.1) is 18.4 Å². The fourth-order valence-electron chi connectivity index (χ4n) is 0.376. The van der Waals surface area contributed by atoms with Crippen molar-refractivity contribution in [1.82, 2.24) is 0 Å². The molecule has 12 heavy (non-hydrogen) atoms. The molecular formula is C6H14N2O3S. The molecule has 0 saturated heterocycles. The molecule has 0 aromatic heterocycles. The maximum atomic E-state index is 9.19. The van der Waals surface area contributed by atoms with Gasteiger partial charge in [-0.3, -0.25) is 4.55 Å². The van der Waals surface area contributed by atoms with Gasteiger partial charge in [-0.2, -0.15) is 13.7 Å². The Morgan fingerprint density at radius 3 is 2.08 bits per heavy atom. The third-order valence-electron chi connectivity index (χ3n) is 0.766. The van der Waals surface area contributed by atoms with E-state index in [1.54, 1.807) is 0 Å². The third kappa shape index (κ3) is 34.4. The van der Waals surface area contributed by atoms with Crippen LogP contribution < -0.4 is 5.73 Å². The number of nitrogens with zero attached hydrogens (tertiary/aromatic N) is 1. The van der Waals surface area contributed by atoms with E-state index in [4.69, 9.17) is 15.5 Å². The van der Waals surface area contributed by atoms with Crippen molar-refractivity contribution >= 4 is 10.1 Å². The number of hydrogen-bond acceptors (Lipinski definition) is 4. The van der Waals surface area contributed by atoms with E-state index in [-0.39, 0.29) is 6.04 Å². The molecule has 0 aliphatic heterocycles. The first kappa shape index (κ1) is 13.9. The number of hydrogen-bond donors (Lipinski definition) is 2. The van der Waals surface area contributed by atoms with Gasteiger partial charge in [0.2, 0.25) is 0 Å². The van der Waals surface area contributed by atoms with Crippen LogP contribution in [0.4, 0.5) is 0 Å². The Morgan fingerprint density at radius 2 is 2.00 bits per heavy atom. The average Bonchev–Trinajstić information content (AvgIpc) is 1.85. The van der Waals surface area contributed by atoms with Crippen LogP contribution in [0.15, 0.2) is 0 Å². The standard InChI is InChI=1S/C5H10N2.CH4O3S/c1-2-3-5(7)4-6;1-5(2,3)4/h5H,2-3,7H2,1H3;1H3,(H,2,3,4). The fourth-order valence-corrected chi connectivity index (χ4v) is 0.376. The molecule has 3 N–H and O–H groups in total. The average molecular weight is 194 g/mol. The summed E-state index contributed by atoms with van der Waals surface area (Å²) in [4.78, 5) is 0. The Balaban J connectivity index is 0. The van der Waals surface area contributed by atoms with E-state index in [1.165, 1.54) is 0 Å². The van der Waals surface area contributed by atoms with Crippen molar-refractivity contribution in [2.45, 2.75) is 25.8 Å². The van der Waals surface area contributed by atoms with E-state index in [9.17, 15) is 8.42 Å². The quantitative estimate of drug-likeness (QED) is 0.608. The molecule has 0 rings (SSSR count). The van der Waals surface area contributed by atoms with Crippen LogP contribution in [0.2, 0.25) is 0 Å². The van der Waals surface area contributed by atoms with Crippen molar-refractivity contribution in [2.75, 3.05) is 6.26 Å². The number of nitriles is 1. The zero-order valence-electron chi connectivity index (χ0n) is 7.19. The highest BCUT2D eigenvalue weighted by Crippen LogP contribution is 1.88. The molecule has 0 bridgehead atoms. The second-order valence-corrected chi connectivity index (χ2v) is 3.72. The maximum Gasteiger partial charge on any atom is 0.261 e. The molecular weight excluding hydrogens is 180 g/mol. The Hall–Kier alpha value is -0.640. The van der Waals surface area contributed by atoms with Gasteiger partial charge in [0, 0.05) is 0 Å². The normalized spacial score (nSPS) is 12.2. The molecule has 1 atom stereocenters. The predicted octanol–water partition coefficient (Wildman–Crippen LogP) is 0.141. The number of rotatable bonds is 2. The summed E-state index contributed by atoms with van der Waals surface area (Å²) in [6.07, 6.45) is 2.53. The van der Waals surface area contributed by atoms with Gasteiger partial charge in [0.25, 0.3) is 10.1 Å². The molecule has 0 amide bonds. The topological polar surface area (TPSA) is 104 Å². The molecule has 0 saturated carbocycles. The summed E-state index contributed by atoms with van der Waals surface area (Å²) >= 11 is 0. The van der Waals surface area contributed by atoms with E-state index in [0.29, 0.717) is 6.26 Å². The lowest BCUT2D eigenvalue weighted by Gasteiger charge is -1.93. The molecule has 0 heterocycles. The largest absolute Gasteiger partial charge is 0.316 e. The molecule has 0 aromatic rings. The van der Waals surface area contributed by atoms with E-state index < -0.39 is 10.1 Å². The van der Waals surface area contributed by atoms with Gasteiger partial charge in [0.15, 0.2) is 0 Å². The van der Waals surface area contributed by atoms with Crippen LogP contribution in [0.5, 0.6) is 0 Å². The van der Waals surface area contributed by atoms with Crippen molar-refractivity contribution in [2.24, 2.45) is 5.73 Å². The Labute approximate surface area is 72.9 Å². The van der Waals surface area contributed by atoms with Crippen LogP contribution in [0.3, 0.4) is 0 Å². The fraction of sp³-hybridized carbons (Fsp3) is 0.833. The molecule has 6 heteroatoms. The van der Waals surface area contributed by atoms with Gasteiger partial charge in [-0.05, 0) is 6.42 Å². The summed E-state index contributed by atoms with van der Waals surface area (Å²) in [5, 5.41) is 8.09. The van der Waals surface area contributed by atoms with Crippen molar-refractivity contribution in [3.8, 4) is 6.07 Å². The summed E-state index contributed by atoms with van der Waals surface area (Å²) < 4.78 is 25.9. The molecule has 0 aromatic carbocycles. The minimum absolute atomic E-state index is 0.245. The van der Waals surface area contributed by atoms with Crippen molar-refractivity contribution in [3.63, 3.8) is 0 Å². The van der Waals surface area contributed by atoms with E-state index in [2.05, 4.69) is 0 Å². The van der Waals surface area contributed by atoms with Gasteiger partial charge < -0.3 is 5.73 Å². The van der Waals surface area contributed by atoms with Crippen LogP contribution in [-0.2, 0) is 10.1 Å². The first-order valence-corrected chi connectivity index (χ1v) is 5.23. The molecule has 72 valence electrons. The molecule has 0 spiro atoms. The van der Waals surface area contributed by atoms with Crippen LogP contribution in [0.25, 0.3) is 0 Å². The van der Waals surface area contributed by atoms with Gasteiger partial charge >= 0.3 is 0 Å². The van der Waals surface area contributed by atoms with Crippen LogP contribution in [0, 0.1) is 11.3 Å². The van der Waals surface area contributed by atoms with Crippen LogP contribution in [-0.4, -0.2) is 25.3 Å². The third-order valence-corrected chi connectivity index (χ3v) is 0.766. The minimum Gasteiger partial charge on any atom is -0.316 e. The summed E-state index contributed by atoms with van der Waals surface area (Å²) in [7, 11) is -3.67. The van der Waals surface area contributed by atoms with Gasteiger partial charge in [-0.25, -0.2) is 0 Å². The van der Waals surface area contributed by atoms with Gasteiger partial charge in [-0.1, -0.05) is 13.3 Å². The maximum absolute atomic E-state index is 9.19. The van der Waals surface area contributed by atoms with E-state index >= 15 is 0 Å². The Bertz CT molecular complexity index is 222. The molecule has 0 aliphatic carbocycles. The molecule has 0 fully saturated rings. The first-order valence-electron chi connectivity index (χ1n) is 3.39. The van der Waals surface area contributed by atoms with E-state index in [1.807, 2.05) is 13.0 Å². The van der Waals surface area contributed by atoms with Crippen LogP contribution >= 0.6 is 0 Å². The zero-order valence-corrected chi connectivity index (χ0v) is 8.00. The van der Waals surface area contributed by atoms with Crippen molar-refractivity contribution in [3.05, 3.63) is 0 Å². The lowest BCUT2D eigenvalue weighted by Crippen LogP contribution is -2.15. The Kier molecular flexibility index (Phi) is 8.16.